The first-order valence-electron chi connectivity index (χ1n) is 40.3. The zero-order valence-electron chi connectivity index (χ0n) is 75.3. The lowest BCUT2D eigenvalue weighted by Gasteiger charge is -2.35. The van der Waals surface area contributed by atoms with Crippen molar-refractivity contribution in [3.8, 4) is 17.2 Å². The van der Waals surface area contributed by atoms with Crippen molar-refractivity contribution < 1.29 is 109 Å². The molecule has 0 bridgehead atoms. The lowest BCUT2D eigenvalue weighted by atomic mass is 9.96. The fourth-order valence-electron chi connectivity index (χ4n) is 14.1. The fraction of sp³-hybridized carbons (Fsp3) is 0.518. The molecule has 0 radical (unpaired) electrons. The summed E-state index contributed by atoms with van der Waals surface area (Å²) in [5, 5.41) is 3.26. The monoisotopic (exact) mass is 1850 g/mol. The van der Waals surface area contributed by atoms with Crippen molar-refractivity contribution in [1.29, 1.82) is 0 Å². The third kappa shape index (κ3) is 34.8. The molecule has 6 aromatic rings. The topological polar surface area (TPSA) is 362 Å². The van der Waals surface area contributed by atoms with Crippen LogP contribution in [0, 0.1) is 59.3 Å². The second-order valence-electron chi connectivity index (χ2n) is 30.9. The lowest BCUT2D eigenvalue weighted by molar-refractivity contribution is -0.156. The Morgan fingerprint density at radius 3 is 0.850 bits per heavy atom. The summed E-state index contributed by atoms with van der Waals surface area (Å²) in [5.74, 6) is 1.58. The van der Waals surface area contributed by atoms with Gasteiger partial charge in [0.2, 0.25) is 72.2 Å². The van der Waals surface area contributed by atoms with Crippen molar-refractivity contribution in [3.05, 3.63) is 143 Å². The normalized spacial score (nSPS) is 14.0. The third-order valence-electron chi connectivity index (χ3n) is 21.0. The van der Waals surface area contributed by atoms with Crippen LogP contribution in [0.25, 0.3) is 0 Å². The van der Waals surface area contributed by atoms with E-state index in [1.165, 1.54) is 105 Å². The van der Waals surface area contributed by atoms with Crippen LogP contribution >= 0.6 is 0 Å². The van der Waals surface area contributed by atoms with E-state index in [-0.39, 0.29) is 72.4 Å². The van der Waals surface area contributed by atoms with Crippen LogP contribution in [0.1, 0.15) is 71.9 Å². The van der Waals surface area contributed by atoms with Gasteiger partial charge in [0.1, 0.15) is 17.2 Å². The molecular weight excluding hydrogens is 1730 g/mol. The van der Waals surface area contributed by atoms with E-state index < -0.39 is 72.7 Å². The Labute approximate surface area is 741 Å². The van der Waals surface area contributed by atoms with E-state index in [0.29, 0.717) is 75.6 Å². The molecule has 0 aliphatic carbocycles. The minimum atomic E-state index is -4.64. The number of piperidine rings is 3. The maximum Gasteiger partial charge on any atom is 0.446 e. The minimum absolute atomic E-state index is 0.111. The van der Waals surface area contributed by atoms with E-state index in [1.807, 2.05) is 43.7 Å². The number of benzene rings is 3. The molecule has 0 unspecified atom stereocenters. The standard InChI is InChI=1S/2C27H39N5O5S.C15H22N2O6S.C12H19N3.2C2HF3O/c2*1-20-15-24(37-6)16-21(2)27(20)38(35,36)31(5)19-26(34)30(4)18-25(33)29(3)17-22-9-13-32(14-10-22)23-7-11-28-12-8-23;1-11-6-13(22-5)7-12(2)15(11)24(20,21)17(4)8-14(19)16(3)9-23-10-18;1-13-10-11-4-8-15(9-5-11)12-2-6-14-7-3-12;2*3-2(4,5)1-6/h2*7-8,11-12,15-16,22H,9-10,13-14,17-19H2,1-6H3;6-7,10H,8-9H2,1-5H3;2-3,6-7,11,13H,4-5,8-10H2,1H3;2*1H. The van der Waals surface area contributed by atoms with Crippen LogP contribution in [0.4, 0.5) is 43.4 Å². The number of carbonyl (C=O) groups excluding carboxylic acids is 8. The second kappa shape index (κ2) is 51.4. The number of aromatic nitrogens is 3. The number of hydrogen-bond acceptors (Lipinski definition) is 25. The Hall–Kier alpha value is -10.7. The highest BCUT2D eigenvalue weighted by atomic mass is 32.2. The minimum Gasteiger partial charge on any atom is -0.497 e. The van der Waals surface area contributed by atoms with Gasteiger partial charge in [-0.3, -0.25) is 53.3 Å². The van der Waals surface area contributed by atoms with Gasteiger partial charge in [-0.25, -0.2) is 25.3 Å². The molecule has 0 spiro atoms. The number of anilines is 3. The maximum absolute atomic E-state index is 13.2. The molecule has 3 aromatic carbocycles. The quantitative estimate of drug-likeness (QED) is 0.0246. The number of carbonyl (C=O) groups is 8. The summed E-state index contributed by atoms with van der Waals surface area (Å²) in [6, 6.07) is 22.1. The maximum atomic E-state index is 13.2. The smallest absolute Gasteiger partial charge is 0.446 e. The summed E-state index contributed by atoms with van der Waals surface area (Å²) < 4.78 is 164. The zero-order valence-corrected chi connectivity index (χ0v) is 77.8. The van der Waals surface area contributed by atoms with Crippen molar-refractivity contribution in [2.24, 2.45) is 17.8 Å². The van der Waals surface area contributed by atoms with Crippen molar-refractivity contribution in [1.82, 2.24) is 57.7 Å². The van der Waals surface area contributed by atoms with Gasteiger partial charge in [-0.15, -0.1) is 0 Å². The average Bonchev–Trinajstić information content (AvgIpc) is 0.789. The van der Waals surface area contributed by atoms with Gasteiger partial charge in [0.15, 0.2) is 6.73 Å². The van der Waals surface area contributed by atoms with E-state index in [4.69, 9.17) is 23.8 Å². The molecular formula is C85H121F6N15O18S3. The molecule has 33 nitrogen and oxygen atoms in total. The highest BCUT2D eigenvalue weighted by Crippen LogP contribution is 2.33. The van der Waals surface area contributed by atoms with Gasteiger partial charge >= 0.3 is 12.4 Å². The van der Waals surface area contributed by atoms with Crippen LogP contribution in [-0.2, 0) is 73.2 Å². The van der Waals surface area contributed by atoms with Crippen molar-refractivity contribution in [2.75, 3.05) is 198 Å². The number of amides is 5. The molecule has 3 aliphatic rings. The number of hydrogen-bond donors (Lipinski definition) is 1. The number of ether oxygens (including phenoxy) is 4. The average molecular weight is 1850 g/mol. The van der Waals surface area contributed by atoms with Gasteiger partial charge in [-0.05, 0) is 218 Å². The predicted octanol–water partition coefficient (Wildman–Crippen LogP) is 7.86. The van der Waals surface area contributed by atoms with Crippen molar-refractivity contribution >= 4 is 95.7 Å². The highest BCUT2D eigenvalue weighted by Gasteiger charge is 2.34. The first kappa shape index (κ1) is 109. The van der Waals surface area contributed by atoms with Crippen LogP contribution in [0.5, 0.6) is 17.2 Å². The number of aryl methyl sites for hydroxylation is 6. The van der Waals surface area contributed by atoms with Crippen LogP contribution in [0.15, 0.2) is 125 Å². The molecule has 1 N–H and O–H groups in total. The molecule has 3 aliphatic heterocycles. The molecule has 0 saturated carbocycles. The van der Waals surface area contributed by atoms with E-state index in [1.54, 1.807) is 127 Å². The number of nitrogens with one attached hydrogen (secondary N) is 1. The molecule has 3 aromatic heterocycles. The number of halogens is 6. The van der Waals surface area contributed by atoms with Gasteiger partial charge in [-0.1, -0.05) is 0 Å². The summed E-state index contributed by atoms with van der Waals surface area (Å²) >= 11 is 0. The molecule has 0 atom stereocenters. The van der Waals surface area contributed by atoms with Gasteiger partial charge in [0.05, 0.1) is 68.7 Å². The summed E-state index contributed by atoms with van der Waals surface area (Å²) in [6.45, 7) is 17.2. The van der Waals surface area contributed by atoms with E-state index in [2.05, 4.69) is 51.8 Å². The van der Waals surface area contributed by atoms with Crippen molar-refractivity contribution in [3.63, 3.8) is 0 Å². The zero-order chi connectivity index (χ0) is 95.5. The first-order chi connectivity index (χ1) is 59.5. The van der Waals surface area contributed by atoms with Crippen LogP contribution in [-0.4, -0.2) is 322 Å². The first-order valence-corrected chi connectivity index (χ1v) is 44.6. The number of nitrogens with zero attached hydrogens (tertiary/aromatic N) is 14. The van der Waals surface area contributed by atoms with Crippen LogP contribution in [0.3, 0.4) is 0 Å². The summed E-state index contributed by atoms with van der Waals surface area (Å²) in [5.41, 5.74) is 6.85. The van der Waals surface area contributed by atoms with Gasteiger partial charge in [-0.2, -0.15) is 39.3 Å². The number of sulfonamides is 3. The Morgan fingerprint density at radius 2 is 0.630 bits per heavy atom. The number of pyridine rings is 3. The van der Waals surface area contributed by atoms with Gasteiger partial charge in [0, 0.05) is 163 Å². The summed E-state index contributed by atoms with van der Waals surface area (Å²) in [7, 11) is 6.92. The number of methoxy groups -OCH3 is 3. The highest BCUT2D eigenvalue weighted by molar-refractivity contribution is 7.89. The van der Waals surface area contributed by atoms with E-state index >= 15 is 0 Å². The number of alkyl halides is 6. The van der Waals surface area contributed by atoms with Crippen molar-refractivity contribution in [2.45, 2.75) is 107 Å². The molecule has 9 rings (SSSR count). The van der Waals surface area contributed by atoms with E-state index in [0.717, 1.165) is 93.5 Å². The molecule has 127 heavy (non-hydrogen) atoms. The molecule has 6 heterocycles. The number of rotatable bonds is 31. The Balaban J connectivity index is 0.000000353. The number of aldehydes is 2. The Bertz CT molecular complexity index is 4620. The van der Waals surface area contributed by atoms with Gasteiger partial charge < -0.3 is 63.5 Å². The van der Waals surface area contributed by atoms with E-state index in [9.17, 15) is 80.4 Å². The molecule has 42 heteroatoms. The number of likely N-dealkylation sites (N-methyl/N-ethyl adjacent to an activating group) is 8. The molecule has 5 amide bonds. The molecule has 3 saturated heterocycles. The Morgan fingerprint density at radius 1 is 0.402 bits per heavy atom. The SMILES string of the molecule is CNCC1CCN(c2ccncc2)CC1.COc1cc(C)c(S(=O)(=O)N(C)CC(=O)N(C)CC(=O)N(C)CC2CCN(c3ccncc3)CC2)c(C)c1.COc1cc(C)c(S(=O)(=O)N(C)CC(=O)N(C)CC(=O)N(C)CC2CCN(c3ccncc3)CC2)c(C)c1.COc1cc(C)c(S(=O)(=O)N(C)CC(=O)N(C)COC=O)c(C)c1.O=CC(F)(F)F.O=CC(F)(F)F. The fourth-order valence-corrected chi connectivity index (χ4v) is 18.6. The lowest BCUT2D eigenvalue weighted by Crippen LogP contribution is -2.45. The largest absolute Gasteiger partial charge is 0.497 e. The third-order valence-corrected chi connectivity index (χ3v) is 27.4. The Kier molecular flexibility index (Phi) is 44.0. The molecule has 3 fully saturated rings. The van der Waals surface area contributed by atoms with Crippen LogP contribution in [0.2, 0.25) is 0 Å². The van der Waals surface area contributed by atoms with Crippen LogP contribution < -0.4 is 34.2 Å². The predicted molar refractivity (Wildman–Crippen MR) is 468 cm³/mol. The van der Waals surface area contributed by atoms with Gasteiger partial charge in [0.25, 0.3) is 6.47 Å². The summed E-state index contributed by atoms with van der Waals surface area (Å²) in [4.78, 5) is 118. The molecule has 704 valence electrons. The summed E-state index contributed by atoms with van der Waals surface area (Å²) in [6.07, 6.45) is 5.99. The second-order valence-corrected chi connectivity index (χ2v) is 36.8.